The lowest BCUT2D eigenvalue weighted by Crippen LogP contribution is -2.20. The molecule has 20 heavy (non-hydrogen) atoms. The first-order chi connectivity index (χ1) is 9.25. The molecule has 0 radical (unpaired) electrons. The van der Waals surface area contributed by atoms with Crippen LogP contribution in [0.2, 0.25) is 0 Å². The summed E-state index contributed by atoms with van der Waals surface area (Å²) in [5.74, 6) is 0.938. The molecule has 1 rings (SSSR count). The molecule has 4 nitrogen and oxygen atoms in total. The standard InChI is InChI=1S/C14H22ClNO3S/c1-5-11(2)13-10-12(20(15,17)18)6-7-14(13)19-9-8-16(3)4/h6-7,10-11H,5,8-9H2,1-4H3. The van der Waals surface area contributed by atoms with Gasteiger partial charge in [0, 0.05) is 17.2 Å². The average Bonchev–Trinajstić information content (AvgIpc) is 2.36. The van der Waals surface area contributed by atoms with Crippen LogP contribution in [-0.2, 0) is 9.05 Å². The highest BCUT2D eigenvalue weighted by Gasteiger charge is 2.17. The minimum absolute atomic E-state index is 0.120. The smallest absolute Gasteiger partial charge is 0.261 e. The van der Waals surface area contributed by atoms with Gasteiger partial charge in [0.15, 0.2) is 0 Å². The van der Waals surface area contributed by atoms with Crippen LogP contribution in [0.15, 0.2) is 23.1 Å². The summed E-state index contributed by atoms with van der Waals surface area (Å²) in [6.07, 6.45) is 0.899. The summed E-state index contributed by atoms with van der Waals surface area (Å²) in [6, 6.07) is 4.78. The van der Waals surface area contributed by atoms with Gasteiger partial charge in [0.25, 0.3) is 9.05 Å². The monoisotopic (exact) mass is 319 g/mol. The van der Waals surface area contributed by atoms with E-state index < -0.39 is 9.05 Å². The second-order valence-electron chi connectivity index (χ2n) is 5.10. The molecule has 1 aromatic carbocycles. The zero-order chi connectivity index (χ0) is 15.3. The van der Waals surface area contributed by atoms with Crippen molar-refractivity contribution in [3.05, 3.63) is 23.8 Å². The number of rotatable bonds is 7. The normalized spacial score (nSPS) is 13.5. The van der Waals surface area contributed by atoms with Crippen molar-refractivity contribution >= 4 is 19.7 Å². The van der Waals surface area contributed by atoms with Crippen LogP contribution in [0.4, 0.5) is 0 Å². The quantitative estimate of drug-likeness (QED) is 0.725. The van der Waals surface area contributed by atoms with Crippen molar-refractivity contribution in [2.45, 2.75) is 31.1 Å². The highest BCUT2D eigenvalue weighted by molar-refractivity contribution is 8.13. The van der Waals surface area contributed by atoms with Gasteiger partial charge in [-0.1, -0.05) is 13.8 Å². The Morgan fingerprint density at radius 2 is 2.00 bits per heavy atom. The first kappa shape index (κ1) is 17.3. The van der Waals surface area contributed by atoms with Crippen molar-refractivity contribution in [2.24, 2.45) is 0 Å². The molecular weight excluding hydrogens is 298 g/mol. The molecule has 0 saturated carbocycles. The molecule has 1 unspecified atom stereocenters. The van der Waals surface area contributed by atoms with Crippen LogP contribution < -0.4 is 4.74 Å². The highest BCUT2D eigenvalue weighted by atomic mass is 35.7. The van der Waals surface area contributed by atoms with Crippen molar-refractivity contribution in [1.29, 1.82) is 0 Å². The van der Waals surface area contributed by atoms with E-state index >= 15 is 0 Å². The molecule has 0 bridgehead atoms. The van der Waals surface area contributed by atoms with Gasteiger partial charge >= 0.3 is 0 Å². The van der Waals surface area contributed by atoms with Crippen molar-refractivity contribution in [3.8, 4) is 5.75 Å². The lowest BCUT2D eigenvalue weighted by Gasteiger charge is -2.18. The Kier molecular flexibility index (Phi) is 6.30. The number of hydrogen-bond donors (Lipinski definition) is 0. The average molecular weight is 320 g/mol. The summed E-state index contributed by atoms with van der Waals surface area (Å²) in [4.78, 5) is 2.15. The SMILES string of the molecule is CCC(C)c1cc(S(=O)(=O)Cl)ccc1OCCN(C)C. The third kappa shape index (κ3) is 4.96. The third-order valence-corrected chi connectivity index (χ3v) is 4.55. The lowest BCUT2D eigenvalue weighted by atomic mass is 9.98. The fourth-order valence-corrected chi connectivity index (χ4v) is 2.54. The minimum Gasteiger partial charge on any atom is -0.492 e. The molecule has 0 amide bonds. The summed E-state index contributed by atoms with van der Waals surface area (Å²) >= 11 is 0. The molecular formula is C14H22ClNO3S. The lowest BCUT2D eigenvalue weighted by molar-refractivity contribution is 0.258. The van der Waals surface area contributed by atoms with Crippen molar-refractivity contribution < 1.29 is 13.2 Å². The van der Waals surface area contributed by atoms with Crippen LogP contribution in [0.3, 0.4) is 0 Å². The molecule has 114 valence electrons. The molecule has 0 saturated heterocycles. The van der Waals surface area contributed by atoms with E-state index in [2.05, 4.69) is 6.92 Å². The Hall–Kier alpha value is -0.780. The van der Waals surface area contributed by atoms with E-state index in [-0.39, 0.29) is 10.8 Å². The van der Waals surface area contributed by atoms with E-state index in [1.165, 1.54) is 6.07 Å². The van der Waals surface area contributed by atoms with Gasteiger partial charge in [0.1, 0.15) is 12.4 Å². The number of nitrogens with zero attached hydrogens (tertiary/aromatic N) is 1. The van der Waals surface area contributed by atoms with Gasteiger partial charge in [-0.05, 0) is 50.2 Å². The molecule has 0 N–H and O–H groups in total. The van der Waals surface area contributed by atoms with Gasteiger partial charge < -0.3 is 9.64 Å². The molecule has 0 aliphatic heterocycles. The van der Waals surface area contributed by atoms with Crippen LogP contribution in [0.1, 0.15) is 31.7 Å². The summed E-state index contributed by atoms with van der Waals surface area (Å²) in [7, 11) is 5.64. The number of likely N-dealkylation sites (N-methyl/N-ethyl adjacent to an activating group) is 1. The van der Waals surface area contributed by atoms with Gasteiger partial charge in [-0.15, -0.1) is 0 Å². The second-order valence-corrected chi connectivity index (χ2v) is 7.66. The van der Waals surface area contributed by atoms with Gasteiger partial charge in [0.2, 0.25) is 0 Å². The molecule has 6 heteroatoms. The third-order valence-electron chi connectivity index (χ3n) is 3.20. The van der Waals surface area contributed by atoms with Crippen LogP contribution in [0.5, 0.6) is 5.75 Å². The zero-order valence-electron chi connectivity index (χ0n) is 12.4. The van der Waals surface area contributed by atoms with Crippen molar-refractivity contribution in [1.82, 2.24) is 4.90 Å². The van der Waals surface area contributed by atoms with Crippen LogP contribution >= 0.6 is 10.7 Å². The van der Waals surface area contributed by atoms with Crippen molar-refractivity contribution in [2.75, 3.05) is 27.2 Å². The largest absolute Gasteiger partial charge is 0.492 e. The van der Waals surface area contributed by atoms with Gasteiger partial charge in [-0.25, -0.2) is 8.42 Å². The predicted octanol–water partition coefficient (Wildman–Crippen LogP) is 3.07. The number of benzene rings is 1. The first-order valence-corrected chi connectivity index (χ1v) is 8.92. The fourth-order valence-electron chi connectivity index (χ4n) is 1.75. The van der Waals surface area contributed by atoms with E-state index in [4.69, 9.17) is 15.4 Å². The van der Waals surface area contributed by atoms with Crippen LogP contribution in [-0.4, -0.2) is 40.6 Å². The maximum atomic E-state index is 11.4. The molecule has 1 aromatic rings. The van der Waals surface area contributed by atoms with Crippen LogP contribution in [0.25, 0.3) is 0 Å². The Bertz CT molecular complexity index is 543. The summed E-state index contributed by atoms with van der Waals surface area (Å²) < 4.78 is 28.6. The second kappa shape index (κ2) is 7.29. The summed E-state index contributed by atoms with van der Waals surface area (Å²) in [5, 5.41) is 0. The molecule has 0 aromatic heterocycles. The first-order valence-electron chi connectivity index (χ1n) is 6.61. The van der Waals surface area contributed by atoms with E-state index in [1.807, 2.05) is 25.9 Å². The van der Waals surface area contributed by atoms with Gasteiger partial charge in [-0.2, -0.15) is 0 Å². The Balaban J connectivity index is 3.04. The predicted molar refractivity (Wildman–Crippen MR) is 82.2 cm³/mol. The maximum Gasteiger partial charge on any atom is 0.261 e. The van der Waals surface area contributed by atoms with Gasteiger partial charge in [-0.3, -0.25) is 0 Å². The molecule has 1 atom stereocenters. The number of hydrogen-bond acceptors (Lipinski definition) is 4. The van der Waals surface area contributed by atoms with E-state index in [1.54, 1.807) is 12.1 Å². The molecule has 0 aliphatic carbocycles. The molecule has 0 heterocycles. The van der Waals surface area contributed by atoms with E-state index in [9.17, 15) is 8.42 Å². The topological polar surface area (TPSA) is 46.6 Å². The molecule has 0 fully saturated rings. The maximum absolute atomic E-state index is 11.4. The number of halogens is 1. The van der Waals surface area contributed by atoms with Crippen molar-refractivity contribution in [3.63, 3.8) is 0 Å². The summed E-state index contributed by atoms with van der Waals surface area (Å²) in [5.41, 5.74) is 0.882. The summed E-state index contributed by atoms with van der Waals surface area (Å²) in [6.45, 7) is 5.45. The number of ether oxygens (including phenoxy) is 1. The Labute approximate surface area is 126 Å². The van der Waals surface area contributed by atoms with Gasteiger partial charge in [0.05, 0.1) is 4.90 Å². The fraction of sp³-hybridized carbons (Fsp3) is 0.571. The van der Waals surface area contributed by atoms with Crippen LogP contribution in [0, 0.1) is 0 Å². The molecule has 0 spiro atoms. The van der Waals surface area contributed by atoms with E-state index in [0.29, 0.717) is 6.61 Å². The Morgan fingerprint density at radius 1 is 1.35 bits per heavy atom. The minimum atomic E-state index is -3.71. The zero-order valence-corrected chi connectivity index (χ0v) is 14.0. The Morgan fingerprint density at radius 3 is 2.50 bits per heavy atom. The highest BCUT2D eigenvalue weighted by Crippen LogP contribution is 2.32. The van der Waals surface area contributed by atoms with E-state index in [0.717, 1.165) is 24.3 Å². The molecule has 0 aliphatic rings.